The fourth-order valence-electron chi connectivity index (χ4n) is 3.85. The molecule has 1 N–H and O–H groups in total. The zero-order chi connectivity index (χ0) is 17.1. The van der Waals surface area contributed by atoms with Gasteiger partial charge in [0.2, 0.25) is 0 Å². The second-order valence-corrected chi connectivity index (χ2v) is 7.31. The quantitative estimate of drug-likeness (QED) is 0.634. The number of nitrogens with one attached hydrogen (secondary N) is 1. The maximum atomic E-state index is 6.05. The summed E-state index contributed by atoms with van der Waals surface area (Å²) in [4.78, 5) is 4.17. The van der Waals surface area contributed by atoms with Crippen molar-refractivity contribution in [2.75, 3.05) is 0 Å². The maximum absolute atomic E-state index is 6.05. The molecule has 4 rings (SSSR count). The Hall–Kier alpha value is -2.13. The number of H-pyrrole nitrogens is 1. The third kappa shape index (κ3) is 3.62. The van der Waals surface area contributed by atoms with Gasteiger partial charge in [0.25, 0.3) is 0 Å². The monoisotopic (exact) mass is 351 g/mol. The van der Waals surface area contributed by atoms with Crippen LogP contribution in [0.15, 0.2) is 48.8 Å². The first kappa shape index (κ1) is 16.3. The van der Waals surface area contributed by atoms with Crippen LogP contribution in [0.4, 0.5) is 0 Å². The summed E-state index contributed by atoms with van der Waals surface area (Å²) >= 11 is 6.05. The van der Waals surface area contributed by atoms with Gasteiger partial charge in [-0.15, -0.1) is 0 Å². The molecule has 25 heavy (non-hydrogen) atoms. The normalized spacial score (nSPS) is 15.4. The summed E-state index contributed by atoms with van der Waals surface area (Å²) in [5.74, 6) is 0.757. The van der Waals surface area contributed by atoms with Crippen molar-refractivity contribution < 1.29 is 0 Å². The highest BCUT2D eigenvalue weighted by molar-refractivity contribution is 6.30. The van der Waals surface area contributed by atoms with E-state index in [1.54, 1.807) is 0 Å². The molecule has 1 fully saturated rings. The Labute approximate surface area is 153 Å². The molecule has 1 saturated carbocycles. The molecule has 3 aromatic rings. The van der Waals surface area contributed by atoms with Crippen molar-refractivity contribution in [2.24, 2.45) is 5.92 Å². The molecule has 0 atom stereocenters. The maximum Gasteiger partial charge on any atom is 0.100 e. The molecule has 1 aliphatic carbocycles. The topological polar surface area (TPSA) is 41.6 Å². The van der Waals surface area contributed by atoms with Gasteiger partial charge in [-0.1, -0.05) is 55.8 Å². The van der Waals surface area contributed by atoms with Gasteiger partial charge in [-0.2, -0.15) is 5.10 Å². The van der Waals surface area contributed by atoms with Crippen molar-refractivity contribution in [1.29, 1.82) is 0 Å². The molecular weight excluding hydrogens is 330 g/mol. The largest absolute Gasteiger partial charge is 0.281 e. The molecule has 2 aromatic heterocycles. The fourth-order valence-corrected chi connectivity index (χ4v) is 3.98. The van der Waals surface area contributed by atoms with Gasteiger partial charge in [-0.3, -0.25) is 10.1 Å². The Morgan fingerprint density at radius 2 is 1.64 bits per heavy atom. The molecule has 0 bridgehead atoms. The minimum Gasteiger partial charge on any atom is -0.281 e. The Morgan fingerprint density at radius 3 is 2.36 bits per heavy atom. The Bertz CT molecular complexity index is 818. The smallest absolute Gasteiger partial charge is 0.100 e. The lowest BCUT2D eigenvalue weighted by molar-refractivity contribution is 0.354. The summed E-state index contributed by atoms with van der Waals surface area (Å²) in [6.45, 7) is 0. The summed E-state index contributed by atoms with van der Waals surface area (Å²) in [7, 11) is 0. The van der Waals surface area contributed by atoms with Crippen LogP contribution >= 0.6 is 11.6 Å². The first-order chi connectivity index (χ1) is 12.3. The van der Waals surface area contributed by atoms with E-state index in [1.807, 2.05) is 36.7 Å². The molecule has 0 saturated heterocycles. The fraction of sp³-hybridized carbons (Fsp3) is 0.333. The average Bonchev–Trinajstić information content (AvgIpc) is 3.07. The van der Waals surface area contributed by atoms with E-state index < -0.39 is 0 Å². The number of hydrogen-bond acceptors (Lipinski definition) is 2. The van der Waals surface area contributed by atoms with E-state index in [9.17, 15) is 0 Å². The van der Waals surface area contributed by atoms with Crippen LogP contribution in [0.25, 0.3) is 22.4 Å². The van der Waals surface area contributed by atoms with Crippen molar-refractivity contribution in [1.82, 2.24) is 15.2 Å². The molecule has 4 heteroatoms. The van der Waals surface area contributed by atoms with Crippen molar-refractivity contribution in [2.45, 2.75) is 38.5 Å². The van der Waals surface area contributed by atoms with Gasteiger partial charge in [-0.05, 0) is 42.2 Å². The van der Waals surface area contributed by atoms with E-state index in [2.05, 4.69) is 27.3 Å². The number of halogens is 1. The molecule has 0 radical (unpaired) electrons. The molecule has 3 nitrogen and oxygen atoms in total. The van der Waals surface area contributed by atoms with Crippen LogP contribution in [-0.4, -0.2) is 15.2 Å². The number of aromatic amines is 1. The highest BCUT2D eigenvalue weighted by Crippen LogP contribution is 2.36. The predicted molar refractivity (Wildman–Crippen MR) is 103 cm³/mol. The molecule has 0 unspecified atom stereocenters. The van der Waals surface area contributed by atoms with Crippen LogP contribution < -0.4 is 0 Å². The summed E-state index contributed by atoms with van der Waals surface area (Å²) in [6.07, 6.45) is 11.5. The highest BCUT2D eigenvalue weighted by Gasteiger charge is 2.21. The van der Waals surface area contributed by atoms with Crippen molar-refractivity contribution in [3.63, 3.8) is 0 Å². The van der Waals surface area contributed by atoms with Gasteiger partial charge in [0.1, 0.15) is 5.69 Å². The van der Waals surface area contributed by atoms with Crippen LogP contribution in [-0.2, 0) is 6.42 Å². The van der Waals surface area contributed by atoms with Gasteiger partial charge in [0.05, 0.1) is 0 Å². The molecule has 0 aliphatic heterocycles. The van der Waals surface area contributed by atoms with Crippen LogP contribution in [0.2, 0.25) is 5.02 Å². The zero-order valence-electron chi connectivity index (χ0n) is 14.2. The second-order valence-electron chi connectivity index (χ2n) is 6.88. The summed E-state index contributed by atoms with van der Waals surface area (Å²) in [5, 5.41) is 8.74. The second kappa shape index (κ2) is 7.40. The van der Waals surface area contributed by atoms with E-state index in [4.69, 9.17) is 11.6 Å². The van der Waals surface area contributed by atoms with Crippen molar-refractivity contribution in [3.8, 4) is 22.4 Å². The third-order valence-corrected chi connectivity index (χ3v) is 5.40. The third-order valence-electron chi connectivity index (χ3n) is 5.15. The zero-order valence-corrected chi connectivity index (χ0v) is 15.0. The SMILES string of the molecule is Clc1ccc(-c2n[nH]c(CC3CCCCC3)c2-c2ccncc2)cc1. The van der Waals surface area contributed by atoms with Gasteiger partial charge < -0.3 is 0 Å². The lowest BCUT2D eigenvalue weighted by Crippen LogP contribution is -2.10. The minimum absolute atomic E-state index is 0.743. The molecule has 0 spiro atoms. The predicted octanol–water partition coefficient (Wildman–Crippen LogP) is 5.91. The minimum atomic E-state index is 0.743. The number of pyridine rings is 1. The van der Waals surface area contributed by atoms with E-state index in [0.29, 0.717) is 0 Å². The molecule has 0 amide bonds. The number of nitrogens with zero attached hydrogens (tertiary/aromatic N) is 2. The summed E-state index contributed by atoms with van der Waals surface area (Å²) in [5.41, 5.74) is 5.69. The Balaban J connectivity index is 1.75. The van der Waals surface area contributed by atoms with Gasteiger partial charge in [0.15, 0.2) is 0 Å². The van der Waals surface area contributed by atoms with Crippen LogP contribution in [0, 0.1) is 5.92 Å². The molecule has 1 aliphatic rings. The van der Waals surface area contributed by atoms with Gasteiger partial charge in [-0.25, -0.2) is 0 Å². The first-order valence-corrected chi connectivity index (χ1v) is 9.42. The summed E-state index contributed by atoms with van der Waals surface area (Å²) in [6, 6.07) is 12.0. The standard InChI is InChI=1S/C21H22ClN3/c22-18-8-6-17(7-9-18)21-20(16-10-12-23-13-11-16)19(24-25-21)14-15-4-2-1-3-5-15/h6-13,15H,1-5,14H2,(H,24,25). The molecular formula is C21H22ClN3. The first-order valence-electron chi connectivity index (χ1n) is 9.05. The van der Waals surface area contributed by atoms with E-state index >= 15 is 0 Å². The number of benzene rings is 1. The lowest BCUT2D eigenvalue weighted by atomic mass is 9.84. The van der Waals surface area contributed by atoms with Crippen LogP contribution in [0.5, 0.6) is 0 Å². The number of aromatic nitrogens is 3. The summed E-state index contributed by atoms with van der Waals surface area (Å²) < 4.78 is 0. The molecule has 128 valence electrons. The Kier molecular flexibility index (Phi) is 4.84. The average molecular weight is 352 g/mol. The molecule has 1 aromatic carbocycles. The van der Waals surface area contributed by atoms with Crippen molar-refractivity contribution >= 4 is 11.6 Å². The number of hydrogen-bond donors (Lipinski definition) is 1. The molecule has 2 heterocycles. The van der Waals surface area contributed by atoms with Crippen LogP contribution in [0.1, 0.15) is 37.8 Å². The van der Waals surface area contributed by atoms with E-state index in [1.165, 1.54) is 48.9 Å². The highest BCUT2D eigenvalue weighted by atomic mass is 35.5. The van der Waals surface area contributed by atoms with Crippen molar-refractivity contribution in [3.05, 3.63) is 59.5 Å². The number of rotatable bonds is 4. The van der Waals surface area contributed by atoms with E-state index in [-0.39, 0.29) is 0 Å². The van der Waals surface area contributed by atoms with Gasteiger partial charge in [0, 0.05) is 34.2 Å². The van der Waals surface area contributed by atoms with E-state index in [0.717, 1.165) is 28.6 Å². The van der Waals surface area contributed by atoms with Gasteiger partial charge >= 0.3 is 0 Å². The van der Waals surface area contributed by atoms with Crippen LogP contribution in [0.3, 0.4) is 0 Å². The lowest BCUT2D eigenvalue weighted by Gasteiger charge is -2.21. The Morgan fingerprint density at radius 1 is 0.920 bits per heavy atom.